The maximum atomic E-state index is 10.1. The number of aromatic hydroxyl groups is 1. The number of rotatable bonds is 5. The lowest BCUT2D eigenvalue weighted by Crippen LogP contribution is -1.96. The van der Waals surface area contributed by atoms with E-state index in [1.54, 1.807) is 30.4 Å². The first-order valence-electron chi connectivity index (χ1n) is 6.97. The van der Waals surface area contributed by atoms with E-state index in [0.29, 0.717) is 0 Å². The monoisotopic (exact) mass is 308 g/mol. The van der Waals surface area contributed by atoms with Crippen molar-refractivity contribution in [2.24, 2.45) is 0 Å². The summed E-state index contributed by atoms with van der Waals surface area (Å²) < 4.78 is 1.91. The van der Waals surface area contributed by atoms with Crippen LogP contribution in [0.3, 0.4) is 0 Å². The Bertz CT molecular complexity index is 752. The summed E-state index contributed by atoms with van der Waals surface area (Å²) in [4.78, 5) is 4.10. The third-order valence-electron chi connectivity index (χ3n) is 3.25. The van der Waals surface area contributed by atoms with E-state index in [1.165, 1.54) is 5.56 Å². The van der Waals surface area contributed by atoms with Crippen molar-refractivity contribution in [2.75, 3.05) is 0 Å². The lowest BCUT2D eigenvalue weighted by molar-refractivity contribution is 0.473. The molecule has 4 heteroatoms. The van der Waals surface area contributed by atoms with Gasteiger partial charge in [-0.15, -0.1) is 11.8 Å². The quantitative estimate of drug-likeness (QED) is 0.760. The zero-order chi connectivity index (χ0) is 15.2. The minimum Gasteiger partial charge on any atom is -0.507 e. The van der Waals surface area contributed by atoms with E-state index in [0.717, 1.165) is 17.0 Å². The Labute approximate surface area is 134 Å². The number of phenols is 1. The van der Waals surface area contributed by atoms with E-state index in [9.17, 15) is 5.11 Å². The fourth-order valence-corrected chi connectivity index (χ4v) is 3.02. The molecule has 22 heavy (non-hydrogen) atoms. The predicted molar refractivity (Wildman–Crippen MR) is 91.4 cm³/mol. The highest BCUT2D eigenvalue weighted by Gasteiger charge is 2.08. The minimum atomic E-state index is 0.266. The van der Waals surface area contributed by atoms with Crippen LogP contribution in [0.1, 0.15) is 11.1 Å². The van der Waals surface area contributed by atoms with Crippen LogP contribution in [-0.4, -0.2) is 14.7 Å². The first kappa shape index (κ1) is 14.5. The number of thioether (sulfide) groups is 1. The molecule has 0 radical (unpaired) electrons. The van der Waals surface area contributed by atoms with Crippen LogP contribution < -0.4 is 0 Å². The van der Waals surface area contributed by atoms with Gasteiger partial charge < -0.3 is 9.67 Å². The van der Waals surface area contributed by atoms with Gasteiger partial charge in [0.15, 0.2) is 0 Å². The number of hydrogen-bond acceptors (Lipinski definition) is 3. The third kappa shape index (κ3) is 3.40. The van der Waals surface area contributed by atoms with E-state index in [2.05, 4.69) is 22.5 Å². The van der Waals surface area contributed by atoms with Crippen molar-refractivity contribution in [3.8, 4) is 5.75 Å². The summed E-state index contributed by atoms with van der Waals surface area (Å²) in [5, 5.41) is 12.2. The zero-order valence-corrected chi connectivity index (χ0v) is 12.8. The molecule has 3 aromatic rings. The summed E-state index contributed by atoms with van der Waals surface area (Å²) in [7, 11) is 0. The van der Waals surface area contributed by atoms with Crippen LogP contribution in [0.25, 0.3) is 5.70 Å². The number of nitrogens with zero attached hydrogens (tertiary/aromatic N) is 2. The summed E-state index contributed by atoms with van der Waals surface area (Å²) in [5.74, 6) is 1.15. The Morgan fingerprint density at radius 2 is 1.86 bits per heavy atom. The van der Waals surface area contributed by atoms with Crippen LogP contribution in [0.5, 0.6) is 5.75 Å². The van der Waals surface area contributed by atoms with Crippen molar-refractivity contribution in [1.29, 1.82) is 0 Å². The van der Waals surface area contributed by atoms with Crippen molar-refractivity contribution in [1.82, 2.24) is 9.55 Å². The molecule has 0 saturated heterocycles. The molecule has 0 spiro atoms. The Morgan fingerprint density at radius 3 is 2.59 bits per heavy atom. The van der Waals surface area contributed by atoms with Crippen LogP contribution in [0.15, 0.2) is 78.7 Å². The maximum absolute atomic E-state index is 10.1. The van der Waals surface area contributed by atoms with E-state index in [-0.39, 0.29) is 5.75 Å². The lowest BCUT2D eigenvalue weighted by atomic mass is 10.1. The summed E-state index contributed by atoms with van der Waals surface area (Å²) in [6, 6.07) is 17.7. The van der Waals surface area contributed by atoms with Gasteiger partial charge in [-0.25, -0.2) is 4.98 Å². The van der Waals surface area contributed by atoms with Gasteiger partial charge in [0, 0.05) is 23.7 Å². The standard InChI is InChI=1S/C18H16N2OS/c21-18-9-5-4-8-16(18)17(20-11-10-19-14-20)13-22-12-15-6-2-1-3-7-15/h1-11,13-14,21H,12H2. The first-order valence-corrected chi connectivity index (χ1v) is 8.02. The number of para-hydroxylation sites is 1. The molecule has 0 aliphatic heterocycles. The molecule has 1 N–H and O–H groups in total. The number of benzene rings is 2. The average Bonchev–Trinajstić information content (AvgIpc) is 3.08. The van der Waals surface area contributed by atoms with Gasteiger partial charge in [0.1, 0.15) is 5.75 Å². The van der Waals surface area contributed by atoms with Gasteiger partial charge in [0.25, 0.3) is 0 Å². The van der Waals surface area contributed by atoms with Crippen molar-refractivity contribution < 1.29 is 5.11 Å². The van der Waals surface area contributed by atoms with Crippen LogP contribution in [0.2, 0.25) is 0 Å². The van der Waals surface area contributed by atoms with Crippen LogP contribution >= 0.6 is 11.8 Å². The van der Waals surface area contributed by atoms with E-state index in [4.69, 9.17) is 0 Å². The highest BCUT2D eigenvalue weighted by molar-refractivity contribution is 8.01. The van der Waals surface area contributed by atoms with Gasteiger partial charge >= 0.3 is 0 Å². The smallest absolute Gasteiger partial charge is 0.124 e. The van der Waals surface area contributed by atoms with Gasteiger partial charge in [0.2, 0.25) is 0 Å². The highest BCUT2D eigenvalue weighted by Crippen LogP contribution is 2.28. The van der Waals surface area contributed by atoms with Crippen LogP contribution in [0.4, 0.5) is 0 Å². The van der Waals surface area contributed by atoms with Crippen molar-refractivity contribution in [2.45, 2.75) is 5.75 Å². The second-order valence-electron chi connectivity index (χ2n) is 4.79. The normalized spacial score (nSPS) is 11.5. The predicted octanol–water partition coefficient (Wildman–Crippen LogP) is 4.37. The molecule has 0 fully saturated rings. The number of hydrogen-bond donors (Lipinski definition) is 1. The van der Waals surface area contributed by atoms with Crippen molar-refractivity contribution in [3.05, 3.63) is 89.9 Å². The molecule has 3 rings (SSSR count). The van der Waals surface area contributed by atoms with Gasteiger partial charge in [-0.3, -0.25) is 0 Å². The summed E-state index contributed by atoms with van der Waals surface area (Å²) in [5.41, 5.74) is 2.98. The van der Waals surface area contributed by atoms with Gasteiger partial charge in [-0.1, -0.05) is 42.5 Å². The SMILES string of the molecule is Oc1ccccc1C(=CSCc1ccccc1)n1ccnc1. The molecule has 1 heterocycles. The van der Waals surface area contributed by atoms with Gasteiger partial charge in [0.05, 0.1) is 12.0 Å². The average molecular weight is 308 g/mol. The second kappa shape index (κ2) is 7.00. The molecule has 0 atom stereocenters. The molecule has 0 aliphatic carbocycles. The topological polar surface area (TPSA) is 38.0 Å². The summed E-state index contributed by atoms with van der Waals surface area (Å²) in [6.07, 6.45) is 5.35. The number of imidazole rings is 1. The highest BCUT2D eigenvalue weighted by atomic mass is 32.2. The Morgan fingerprint density at radius 1 is 1.09 bits per heavy atom. The molecule has 3 nitrogen and oxygen atoms in total. The molecular weight excluding hydrogens is 292 g/mol. The second-order valence-corrected chi connectivity index (χ2v) is 5.64. The Balaban J connectivity index is 1.86. The van der Waals surface area contributed by atoms with E-state index in [1.807, 2.05) is 47.2 Å². The third-order valence-corrected chi connectivity index (χ3v) is 4.14. The molecule has 0 bridgehead atoms. The molecule has 0 aliphatic rings. The van der Waals surface area contributed by atoms with Crippen molar-refractivity contribution >= 4 is 17.5 Å². The summed E-state index contributed by atoms with van der Waals surface area (Å²) >= 11 is 1.69. The van der Waals surface area contributed by atoms with E-state index >= 15 is 0 Å². The lowest BCUT2D eigenvalue weighted by Gasteiger charge is -2.10. The fourth-order valence-electron chi connectivity index (χ4n) is 2.15. The minimum absolute atomic E-state index is 0.266. The fraction of sp³-hybridized carbons (Fsp3) is 0.0556. The Hall–Kier alpha value is -2.46. The largest absolute Gasteiger partial charge is 0.507 e. The molecule has 0 saturated carbocycles. The molecule has 0 unspecified atom stereocenters. The van der Waals surface area contributed by atoms with Gasteiger partial charge in [-0.05, 0) is 23.1 Å². The molecule has 1 aromatic heterocycles. The van der Waals surface area contributed by atoms with Gasteiger partial charge in [-0.2, -0.15) is 0 Å². The zero-order valence-electron chi connectivity index (χ0n) is 12.0. The first-order chi connectivity index (χ1) is 10.8. The maximum Gasteiger partial charge on any atom is 0.124 e. The number of phenolic OH excluding ortho intramolecular Hbond substituents is 1. The van der Waals surface area contributed by atoms with E-state index < -0.39 is 0 Å². The Kier molecular flexibility index (Phi) is 4.61. The van der Waals surface area contributed by atoms with Crippen LogP contribution in [0, 0.1) is 0 Å². The molecule has 110 valence electrons. The molecule has 0 amide bonds. The molecule has 2 aromatic carbocycles. The van der Waals surface area contributed by atoms with Crippen molar-refractivity contribution in [3.63, 3.8) is 0 Å². The van der Waals surface area contributed by atoms with Crippen LogP contribution in [-0.2, 0) is 5.75 Å². The molecular formula is C18H16N2OS. The summed E-state index contributed by atoms with van der Waals surface area (Å²) in [6.45, 7) is 0. The number of aromatic nitrogens is 2.